The van der Waals surface area contributed by atoms with Crippen molar-refractivity contribution in [2.45, 2.75) is 6.42 Å². The maximum absolute atomic E-state index is 11.8. The Morgan fingerprint density at radius 3 is 2.80 bits per heavy atom. The fourth-order valence-electron chi connectivity index (χ4n) is 2.18. The fraction of sp³-hybridized carbons (Fsp3) is 0.500. The van der Waals surface area contributed by atoms with Gasteiger partial charge in [-0.15, -0.1) is 12.4 Å². The Kier molecular flexibility index (Phi) is 7.92. The summed E-state index contributed by atoms with van der Waals surface area (Å²) in [6, 6.07) is 7.43. The molecule has 2 N–H and O–H groups in total. The zero-order chi connectivity index (χ0) is 13.5. The van der Waals surface area contributed by atoms with Crippen LogP contribution in [0.2, 0.25) is 5.02 Å². The molecule has 1 aromatic carbocycles. The van der Waals surface area contributed by atoms with Crippen LogP contribution < -0.4 is 10.6 Å². The Bertz CT molecular complexity index is 423. The quantitative estimate of drug-likeness (QED) is 0.861. The third-order valence-electron chi connectivity index (χ3n) is 3.21. The minimum Gasteiger partial charge on any atom is -0.355 e. The first-order chi connectivity index (χ1) is 9.24. The van der Waals surface area contributed by atoms with E-state index in [0.29, 0.717) is 18.0 Å². The predicted octanol–water partition coefficient (Wildman–Crippen LogP) is 1.33. The lowest BCUT2D eigenvalue weighted by atomic mass is 10.1. The summed E-state index contributed by atoms with van der Waals surface area (Å²) in [4.78, 5) is 14.1. The van der Waals surface area contributed by atoms with Crippen molar-refractivity contribution in [2.75, 3.05) is 39.3 Å². The Balaban J connectivity index is 0.00000200. The Hall–Kier alpha value is -0.810. The second-order valence-electron chi connectivity index (χ2n) is 4.75. The van der Waals surface area contributed by atoms with Gasteiger partial charge in [-0.25, -0.2) is 0 Å². The van der Waals surface area contributed by atoms with Crippen molar-refractivity contribution < 1.29 is 4.79 Å². The Labute approximate surface area is 131 Å². The molecule has 112 valence electrons. The molecule has 0 saturated carbocycles. The van der Waals surface area contributed by atoms with E-state index in [9.17, 15) is 4.79 Å². The third kappa shape index (κ3) is 6.09. The number of nitrogens with zero attached hydrogens (tertiary/aromatic N) is 1. The molecule has 0 bridgehead atoms. The second-order valence-corrected chi connectivity index (χ2v) is 5.18. The van der Waals surface area contributed by atoms with Crippen LogP contribution in [-0.4, -0.2) is 50.1 Å². The molecule has 0 atom stereocenters. The number of nitrogens with one attached hydrogen (secondary N) is 2. The number of rotatable bonds is 5. The highest BCUT2D eigenvalue weighted by molar-refractivity contribution is 6.30. The van der Waals surface area contributed by atoms with Gasteiger partial charge in [0, 0.05) is 44.3 Å². The first-order valence-electron chi connectivity index (χ1n) is 6.68. The molecule has 1 amide bonds. The molecule has 1 aliphatic rings. The van der Waals surface area contributed by atoms with E-state index in [2.05, 4.69) is 15.5 Å². The number of amides is 1. The summed E-state index contributed by atoms with van der Waals surface area (Å²) < 4.78 is 0. The zero-order valence-corrected chi connectivity index (χ0v) is 13.0. The van der Waals surface area contributed by atoms with Gasteiger partial charge in [0.1, 0.15) is 0 Å². The molecule has 0 unspecified atom stereocenters. The van der Waals surface area contributed by atoms with E-state index < -0.39 is 0 Å². The molecule has 0 aliphatic carbocycles. The highest BCUT2D eigenvalue weighted by atomic mass is 35.5. The maximum atomic E-state index is 11.8. The first-order valence-corrected chi connectivity index (χ1v) is 7.06. The van der Waals surface area contributed by atoms with Crippen molar-refractivity contribution >= 4 is 29.9 Å². The summed E-state index contributed by atoms with van der Waals surface area (Å²) in [5.74, 6) is 0.0531. The molecule has 2 rings (SSSR count). The standard InChI is InChI=1S/C14H20ClN3O.ClH/c15-13-3-1-2-12(10-13)11-14(19)17-6-9-18-7-4-16-5-8-18;/h1-3,10,16H,4-9,11H2,(H,17,19);1H. The Morgan fingerprint density at radius 2 is 2.10 bits per heavy atom. The topological polar surface area (TPSA) is 44.4 Å². The number of carbonyl (C=O) groups excluding carboxylic acids is 1. The van der Waals surface area contributed by atoms with E-state index in [1.807, 2.05) is 24.3 Å². The van der Waals surface area contributed by atoms with Crippen LogP contribution in [0.25, 0.3) is 0 Å². The number of halogens is 2. The molecule has 0 spiro atoms. The fourth-order valence-corrected chi connectivity index (χ4v) is 2.40. The van der Waals surface area contributed by atoms with E-state index in [1.165, 1.54) is 0 Å². The molecular weight excluding hydrogens is 297 g/mol. The summed E-state index contributed by atoms with van der Waals surface area (Å²) >= 11 is 5.89. The van der Waals surface area contributed by atoms with Crippen molar-refractivity contribution in [3.05, 3.63) is 34.9 Å². The van der Waals surface area contributed by atoms with Gasteiger partial charge in [-0.05, 0) is 17.7 Å². The third-order valence-corrected chi connectivity index (χ3v) is 3.45. The van der Waals surface area contributed by atoms with Crippen molar-refractivity contribution in [3.63, 3.8) is 0 Å². The normalized spacial score (nSPS) is 15.4. The molecule has 1 heterocycles. The first kappa shape index (κ1) is 17.2. The van der Waals surface area contributed by atoms with Gasteiger partial charge in [0.15, 0.2) is 0 Å². The molecule has 1 saturated heterocycles. The summed E-state index contributed by atoms with van der Waals surface area (Å²) in [5, 5.41) is 6.94. The molecule has 1 fully saturated rings. The molecule has 4 nitrogen and oxygen atoms in total. The van der Waals surface area contributed by atoms with Gasteiger partial charge in [0.2, 0.25) is 5.91 Å². The SMILES string of the molecule is Cl.O=C(Cc1cccc(Cl)c1)NCCN1CCNCC1. The van der Waals surface area contributed by atoms with Crippen LogP contribution in [0, 0.1) is 0 Å². The molecule has 6 heteroatoms. The molecule has 0 radical (unpaired) electrons. The van der Waals surface area contributed by atoms with Gasteiger partial charge in [-0.1, -0.05) is 23.7 Å². The average Bonchev–Trinajstić information content (AvgIpc) is 2.40. The van der Waals surface area contributed by atoms with E-state index in [0.717, 1.165) is 38.3 Å². The molecular formula is C14H21Cl2N3O. The molecule has 20 heavy (non-hydrogen) atoms. The summed E-state index contributed by atoms with van der Waals surface area (Å²) in [6.07, 6.45) is 0.391. The number of benzene rings is 1. The zero-order valence-electron chi connectivity index (χ0n) is 11.4. The summed E-state index contributed by atoms with van der Waals surface area (Å²) in [5.41, 5.74) is 0.951. The van der Waals surface area contributed by atoms with E-state index in [4.69, 9.17) is 11.6 Å². The Morgan fingerprint density at radius 1 is 1.35 bits per heavy atom. The predicted molar refractivity (Wildman–Crippen MR) is 84.7 cm³/mol. The number of carbonyl (C=O) groups is 1. The van der Waals surface area contributed by atoms with Crippen molar-refractivity contribution in [1.29, 1.82) is 0 Å². The van der Waals surface area contributed by atoms with Gasteiger partial charge in [0.25, 0.3) is 0 Å². The smallest absolute Gasteiger partial charge is 0.224 e. The van der Waals surface area contributed by atoms with Crippen LogP contribution in [0.15, 0.2) is 24.3 Å². The number of hydrogen-bond donors (Lipinski definition) is 2. The highest BCUT2D eigenvalue weighted by Crippen LogP contribution is 2.10. The van der Waals surface area contributed by atoms with Gasteiger partial charge in [-0.2, -0.15) is 0 Å². The van der Waals surface area contributed by atoms with Crippen molar-refractivity contribution in [3.8, 4) is 0 Å². The second kappa shape index (κ2) is 9.19. The minimum atomic E-state index is 0. The van der Waals surface area contributed by atoms with Crippen LogP contribution in [-0.2, 0) is 11.2 Å². The molecule has 0 aromatic heterocycles. The van der Waals surface area contributed by atoms with E-state index >= 15 is 0 Å². The van der Waals surface area contributed by atoms with Crippen LogP contribution in [0.3, 0.4) is 0 Å². The van der Waals surface area contributed by atoms with E-state index in [-0.39, 0.29) is 18.3 Å². The van der Waals surface area contributed by atoms with E-state index in [1.54, 1.807) is 0 Å². The maximum Gasteiger partial charge on any atom is 0.224 e. The van der Waals surface area contributed by atoms with Crippen LogP contribution >= 0.6 is 24.0 Å². The lowest BCUT2D eigenvalue weighted by Crippen LogP contribution is -2.46. The van der Waals surface area contributed by atoms with Crippen LogP contribution in [0.4, 0.5) is 0 Å². The highest BCUT2D eigenvalue weighted by Gasteiger charge is 2.09. The van der Waals surface area contributed by atoms with Crippen molar-refractivity contribution in [1.82, 2.24) is 15.5 Å². The minimum absolute atomic E-state index is 0. The van der Waals surface area contributed by atoms with Gasteiger partial charge in [0.05, 0.1) is 6.42 Å². The monoisotopic (exact) mass is 317 g/mol. The molecule has 1 aliphatic heterocycles. The number of hydrogen-bond acceptors (Lipinski definition) is 3. The summed E-state index contributed by atoms with van der Waals surface area (Å²) in [6.45, 7) is 5.82. The molecule has 1 aromatic rings. The van der Waals surface area contributed by atoms with Crippen LogP contribution in [0.1, 0.15) is 5.56 Å². The lowest BCUT2D eigenvalue weighted by Gasteiger charge is -2.27. The average molecular weight is 318 g/mol. The van der Waals surface area contributed by atoms with Crippen molar-refractivity contribution in [2.24, 2.45) is 0 Å². The van der Waals surface area contributed by atoms with Gasteiger partial charge in [-0.3, -0.25) is 9.69 Å². The largest absolute Gasteiger partial charge is 0.355 e. The van der Waals surface area contributed by atoms with Gasteiger partial charge >= 0.3 is 0 Å². The summed E-state index contributed by atoms with van der Waals surface area (Å²) in [7, 11) is 0. The van der Waals surface area contributed by atoms with Gasteiger partial charge < -0.3 is 10.6 Å². The number of piperazine rings is 1. The lowest BCUT2D eigenvalue weighted by molar-refractivity contribution is -0.120. The van der Waals surface area contributed by atoms with Crippen LogP contribution in [0.5, 0.6) is 0 Å².